The van der Waals surface area contributed by atoms with Gasteiger partial charge in [0, 0.05) is 0 Å². The van der Waals surface area contributed by atoms with Gasteiger partial charge in [-0.3, -0.25) is 0 Å². The molecule has 3 N–H and O–H groups in total. The number of thiocarbonyl (C=S) groups is 1. The van der Waals surface area contributed by atoms with E-state index in [2.05, 4.69) is 20.8 Å². The van der Waals surface area contributed by atoms with Gasteiger partial charge >= 0.3 is 0 Å². The topological polar surface area (TPSA) is 81.6 Å². The van der Waals surface area contributed by atoms with Crippen LogP contribution in [0.2, 0.25) is 5.02 Å². The van der Waals surface area contributed by atoms with Gasteiger partial charge in [0.15, 0.2) is 5.11 Å². The Hall–Kier alpha value is -1.73. The maximum Gasteiger partial charge on any atom is 0.168 e. The Morgan fingerprint density at radius 2 is 2.31 bits per heavy atom. The Morgan fingerprint density at radius 1 is 1.50 bits per heavy atom. The van der Waals surface area contributed by atoms with Crippen LogP contribution in [0.5, 0.6) is 0 Å². The summed E-state index contributed by atoms with van der Waals surface area (Å²) < 4.78 is 1.50. The van der Waals surface area contributed by atoms with Gasteiger partial charge in [-0.2, -0.15) is 0 Å². The normalized spacial score (nSPS) is 10.1. The highest BCUT2D eigenvalue weighted by atomic mass is 35.5. The average Bonchev–Trinajstić information content (AvgIpc) is 2.73. The summed E-state index contributed by atoms with van der Waals surface area (Å²) in [7, 11) is 0. The molecular formula is C8H7ClN6S. The number of benzene rings is 1. The van der Waals surface area contributed by atoms with E-state index in [1.807, 2.05) is 0 Å². The molecule has 6 nitrogen and oxygen atoms in total. The van der Waals surface area contributed by atoms with Crippen molar-refractivity contribution < 1.29 is 0 Å². The molecule has 0 aliphatic carbocycles. The first-order valence-electron chi connectivity index (χ1n) is 4.26. The summed E-state index contributed by atoms with van der Waals surface area (Å²) >= 11 is 10.7. The Kier molecular flexibility index (Phi) is 2.97. The lowest BCUT2D eigenvalue weighted by atomic mass is 10.3. The van der Waals surface area contributed by atoms with Gasteiger partial charge in [0.05, 0.1) is 16.4 Å². The number of halogens is 1. The summed E-state index contributed by atoms with van der Waals surface area (Å²) in [6.07, 6.45) is 1.48. The van der Waals surface area contributed by atoms with Crippen LogP contribution in [0.4, 0.5) is 5.69 Å². The molecule has 2 aromatic rings. The lowest BCUT2D eigenvalue weighted by Gasteiger charge is -2.08. The van der Waals surface area contributed by atoms with Crippen LogP contribution in [0.25, 0.3) is 5.69 Å². The minimum Gasteiger partial charge on any atom is -0.376 e. The van der Waals surface area contributed by atoms with Gasteiger partial charge < -0.3 is 11.1 Å². The van der Waals surface area contributed by atoms with Crippen LogP contribution >= 0.6 is 23.8 Å². The zero-order chi connectivity index (χ0) is 11.5. The fraction of sp³-hybridized carbons (Fsp3) is 0. The van der Waals surface area contributed by atoms with Crippen LogP contribution in [0.1, 0.15) is 0 Å². The first-order valence-corrected chi connectivity index (χ1v) is 5.05. The van der Waals surface area contributed by atoms with Crippen molar-refractivity contribution in [2.75, 3.05) is 5.32 Å². The zero-order valence-corrected chi connectivity index (χ0v) is 9.53. The molecule has 1 aromatic heterocycles. The summed E-state index contributed by atoms with van der Waals surface area (Å²) in [6, 6.07) is 5.24. The fourth-order valence-electron chi connectivity index (χ4n) is 1.16. The van der Waals surface area contributed by atoms with Gasteiger partial charge in [-0.15, -0.1) is 5.10 Å². The summed E-state index contributed by atoms with van der Waals surface area (Å²) in [5.74, 6) is 0. The molecule has 82 valence electrons. The monoisotopic (exact) mass is 254 g/mol. The van der Waals surface area contributed by atoms with Gasteiger partial charge in [0.1, 0.15) is 6.33 Å². The predicted octanol–water partition coefficient (Wildman–Crippen LogP) is 0.971. The Balaban J connectivity index is 2.39. The van der Waals surface area contributed by atoms with Crippen molar-refractivity contribution in [1.29, 1.82) is 0 Å². The third-order valence-electron chi connectivity index (χ3n) is 1.82. The van der Waals surface area contributed by atoms with Crippen molar-refractivity contribution in [1.82, 2.24) is 20.2 Å². The molecule has 0 fully saturated rings. The van der Waals surface area contributed by atoms with E-state index in [1.54, 1.807) is 18.2 Å². The van der Waals surface area contributed by atoms with E-state index in [0.29, 0.717) is 10.7 Å². The largest absolute Gasteiger partial charge is 0.376 e. The SMILES string of the molecule is NC(=S)Nc1cc(-n2cnnn2)ccc1Cl. The smallest absolute Gasteiger partial charge is 0.168 e. The standard InChI is InChI=1S/C8H7ClN6S/c9-6-2-1-5(15-4-11-13-14-15)3-7(6)12-8(10)16/h1-4H,(H3,10,12,16). The van der Waals surface area contributed by atoms with Crippen molar-refractivity contribution in [2.45, 2.75) is 0 Å². The minimum atomic E-state index is 0.149. The molecule has 0 bridgehead atoms. The quantitative estimate of drug-likeness (QED) is 0.778. The van der Waals surface area contributed by atoms with Gasteiger partial charge in [-0.05, 0) is 40.8 Å². The van der Waals surface area contributed by atoms with Crippen molar-refractivity contribution in [3.05, 3.63) is 29.5 Å². The van der Waals surface area contributed by atoms with Crippen LogP contribution in [0, 0.1) is 0 Å². The molecule has 1 aromatic carbocycles. The Bertz CT molecular complexity index is 511. The molecule has 8 heteroatoms. The molecule has 0 amide bonds. The first-order chi connectivity index (χ1) is 7.66. The second-order valence-electron chi connectivity index (χ2n) is 2.91. The predicted molar refractivity (Wildman–Crippen MR) is 64.6 cm³/mol. The molecule has 0 aliphatic heterocycles. The third-order valence-corrected chi connectivity index (χ3v) is 2.25. The number of aromatic nitrogens is 4. The summed E-state index contributed by atoms with van der Waals surface area (Å²) in [6.45, 7) is 0. The van der Waals surface area contributed by atoms with E-state index in [-0.39, 0.29) is 5.11 Å². The molecule has 0 saturated carbocycles. The molecule has 0 unspecified atom stereocenters. The summed E-state index contributed by atoms with van der Waals surface area (Å²) in [5, 5.41) is 14.3. The van der Waals surface area contributed by atoms with Gasteiger partial charge in [-0.25, -0.2) is 4.68 Å². The Morgan fingerprint density at radius 3 is 2.94 bits per heavy atom. The maximum absolute atomic E-state index is 5.96. The molecule has 2 rings (SSSR count). The van der Waals surface area contributed by atoms with Crippen LogP contribution in [-0.4, -0.2) is 25.3 Å². The molecule has 0 atom stereocenters. The van der Waals surface area contributed by atoms with Crippen molar-refractivity contribution >= 4 is 34.6 Å². The molecule has 1 heterocycles. The van der Waals surface area contributed by atoms with Crippen LogP contribution < -0.4 is 11.1 Å². The third kappa shape index (κ3) is 2.26. The van der Waals surface area contributed by atoms with Crippen molar-refractivity contribution in [2.24, 2.45) is 5.73 Å². The highest BCUT2D eigenvalue weighted by molar-refractivity contribution is 7.80. The van der Waals surface area contributed by atoms with Crippen molar-refractivity contribution in [3.8, 4) is 5.69 Å². The van der Waals surface area contributed by atoms with E-state index in [9.17, 15) is 0 Å². The van der Waals surface area contributed by atoms with E-state index >= 15 is 0 Å². The van der Waals surface area contributed by atoms with Gasteiger partial charge in [0.2, 0.25) is 0 Å². The van der Waals surface area contributed by atoms with Crippen LogP contribution in [0.3, 0.4) is 0 Å². The number of rotatable bonds is 2. The molecule has 0 saturated heterocycles. The number of hydrogen-bond donors (Lipinski definition) is 2. The van der Waals surface area contributed by atoms with E-state index in [4.69, 9.17) is 29.6 Å². The summed E-state index contributed by atoms with van der Waals surface area (Å²) in [4.78, 5) is 0. The number of nitrogens with zero attached hydrogens (tertiary/aromatic N) is 4. The molecule has 0 aliphatic rings. The highest BCUT2D eigenvalue weighted by Gasteiger charge is 2.04. The lowest BCUT2D eigenvalue weighted by molar-refractivity contribution is 0.789. The molecule has 0 radical (unpaired) electrons. The van der Waals surface area contributed by atoms with E-state index in [0.717, 1.165) is 5.69 Å². The number of anilines is 1. The lowest BCUT2D eigenvalue weighted by Crippen LogP contribution is -2.19. The highest BCUT2D eigenvalue weighted by Crippen LogP contribution is 2.24. The second kappa shape index (κ2) is 4.42. The average molecular weight is 255 g/mol. The van der Waals surface area contributed by atoms with Crippen LogP contribution in [0.15, 0.2) is 24.5 Å². The minimum absolute atomic E-state index is 0.149. The van der Waals surface area contributed by atoms with Gasteiger partial charge in [0.25, 0.3) is 0 Å². The fourth-order valence-corrected chi connectivity index (χ4v) is 1.44. The number of nitrogens with one attached hydrogen (secondary N) is 1. The molecular weight excluding hydrogens is 248 g/mol. The second-order valence-corrected chi connectivity index (χ2v) is 3.75. The number of hydrogen-bond acceptors (Lipinski definition) is 4. The first kappa shape index (κ1) is 10.8. The zero-order valence-electron chi connectivity index (χ0n) is 7.96. The van der Waals surface area contributed by atoms with E-state index in [1.165, 1.54) is 11.0 Å². The van der Waals surface area contributed by atoms with Gasteiger partial charge in [-0.1, -0.05) is 11.6 Å². The van der Waals surface area contributed by atoms with E-state index < -0.39 is 0 Å². The molecule has 16 heavy (non-hydrogen) atoms. The Labute approximate surface area is 101 Å². The molecule has 0 spiro atoms. The maximum atomic E-state index is 5.96. The van der Waals surface area contributed by atoms with Crippen LogP contribution in [-0.2, 0) is 0 Å². The summed E-state index contributed by atoms with van der Waals surface area (Å²) in [5.41, 5.74) is 6.75. The van der Waals surface area contributed by atoms with Crippen molar-refractivity contribution in [3.63, 3.8) is 0 Å². The number of tetrazole rings is 1. The number of nitrogens with two attached hydrogens (primary N) is 1.